The summed E-state index contributed by atoms with van der Waals surface area (Å²) in [6.07, 6.45) is -0.338. The summed E-state index contributed by atoms with van der Waals surface area (Å²) in [6, 6.07) is 0.193. The monoisotopic (exact) mass is 403 g/mol. The number of carbonyl (C=O) groups excluding carboxylic acids is 1. The molecule has 0 aromatic carbocycles. The fourth-order valence-electron chi connectivity index (χ4n) is 5.84. The third kappa shape index (κ3) is 5.02. The standard InChI is InChI=1S/C21H36F3N3O/c1-6-7-8-27(14-9-19(2,3)25-20(4,5)10-14)18(28)17-15-11-26(12-16(15)17)13-21(22,23)24/h14-17,25H,6-13H2,1-5H3. The van der Waals surface area contributed by atoms with Crippen molar-refractivity contribution in [3.63, 3.8) is 0 Å². The van der Waals surface area contributed by atoms with Crippen LogP contribution in [0.4, 0.5) is 13.2 Å². The number of hydrogen-bond donors (Lipinski definition) is 1. The van der Waals surface area contributed by atoms with Gasteiger partial charge in [0.1, 0.15) is 0 Å². The molecule has 2 heterocycles. The Morgan fingerprint density at radius 2 is 1.64 bits per heavy atom. The number of halogens is 3. The number of hydrogen-bond acceptors (Lipinski definition) is 3. The average Bonchev–Trinajstić information content (AvgIpc) is 2.99. The molecule has 0 radical (unpaired) electrons. The molecule has 0 bridgehead atoms. The van der Waals surface area contributed by atoms with Crippen LogP contribution >= 0.6 is 0 Å². The lowest BCUT2D eigenvalue weighted by molar-refractivity contribution is -0.146. The third-order valence-corrected chi connectivity index (χ3v) is 6.60. The van der Waals surface area contributed by atoms with Crippen molar-refractivity contribution in [3.05, 3.63) is 0 Å². The first-order chi connectivity index (χ1) is 12.8. The highest BCUT2D eigenvalue weighted by Crippen LogP contribution is 2.53. The largest absolute Gasteiger partial charge is 0.401 e. The minimum Gasteiger partial charge on any atom is -0.339 e. The van der Waals surface area contributed by atoms with E-state index in [2.05, 4.69) is 44.8 Å². The molecule has 0 aromatic heterocycles. The zero-order chi connectivity index (χ0) is 20.9. The summed E-state index contributed by atoms with van der Waals surface area (Å²) < 4.78 is 37.9. The highest BCUT2D eigenvalue weighted by molar-refractivity contribution is 5.83. The Morgan fingerprint density at radius 1 is 1.11 bits per heavy atom. The van der Waals surface area contributed by atoms with Gasteiger partial charge in [-0.1, -0.05) is 13.3 Å². The molecule has 0 spiro atoms. The molecule has 3 rings (SSSR count). The number of nitrogens with one attached hydrogen (secondary N) is 1. The summed E-state index contributed by atoms with van der Waals surface area (Å²) in [5, 5.41) is 3.67. The van der Waals surface area contributed by atoms with E-state index in [-0.39, 0.29) is 40.8 Å². The lowest BCUT2D eigenvalue weighted by Crippen LogP contribution is -2.63. The van der Waals surface area contributed by atoms with Crippen molar-refractivity contribution in [2.75, 3.05) is 26.2 Å². The summed E-state index contributed by atoms with van der Waals surface area (Å²) in [7, 11) is 0. The fourth-order valence-corrected chi connectivity index (χ4v) is 5.84. The first kappa shape index (κ1) is 21.9. The average molecular weight is 404 g/mol. The van der Waals surface area contributed by atoms with Crippen LogP contribution in [0.15, 0.2) is 0 Å². The maximum atomic E-state index is 13.4. The van der Waals surface area contributed by atoms with Gasteiger partial charge >= 0.3 is 6.18 Å². The van der Waals surface area contributed by atoms with Crippen LogP contribution in [0, 0.1) is 17.8 Å². The molecule has 4 nitrogen and oxygen atoms in total. The molecule has 1 aliphatic carbocycles. The van der Waals surface area contributed by atoms with Gasteiger partial charge in [-0.05, 0) is 58.8 Å². The second kappa shape index (κ2) is 7.46. The van der Waals surface area contributed by atoms with Crippen molar-refractivity contribution in [2.24, 2.45) is 17.8 Å². The lowest BCUT2D eigenvalue weighted by Gasteiger charge is -2.50. The molecule has 2 unspecified atom stereocenters. The minimum atomic E-state index is -4.16. The summed E-state index contributed by atoms with van der Waals surface area (Å²) >= 11 is 0. The maximum Gasteiger partial charge on any atom is 0.401 e. The molecule has 3 aliphatic rings. The van der Waals surface area contributed by atoms with Crippen molar-refractivity contribution in [1.29, 1.82) is 0 Å². The van der Waals surface area contributed by atoms with E-state index in [1.807, 2.05) is 0 Å². The highest BCUT2D eigenvalue weighted by Gasteiger charge is 2.61. The van der Waals surface area contributed by atoms with Gasteiger partial charge in [-0.15, -0.1) is 0 Å². The molecule has 3 fully saturated rings. The van der Waals surface area contributed by atoms with Gasteiger partial charge in [0.15, 0.2) is 0 Å². The molecule has 2 atom stereocenters. The van der Waals surface area contributed by atoms with Crippen molar-refractivity contribution in [2.45, 2.75) is 83.6 Å². The van der Waals surface area contributed by atoms with Crippen LogP contribution in [0.25, 0.3) is 0 Å². The highest BCUT2D eigenvalue weighted by atomic mass is 19.4. The number of rotatable bonds is 6. The van der Waals surface area contributed by atoms with Gasteiger partial charge in [0.2, 0.25) is 5.91 Å². The topological polar surface area (TPSA) is 35.6 Å². The van der Waals surface area contributed by atoms with E-state index in [0.29, 0.717) is 13.1 Å². The van der Waals surface area contributed by atoms with E-state index in [4.69, 9.17) is 0 Å². The Labute approximate surface area is 167 Å². The van der Waals surface area contributed by atoms with Gasteiger partial charge in [-0.25, -0.2) is 0 Å². The van der Waals surface area contributed by atoms with Crippen LogP contribution in [-0.2, 0) is 4.79 Å². The summed E-state index contributed by atoms with van der Waals surface area (Å²) in [5.41, 5.74) is -0.0832. The Balaban J connectivity index is 1.66. The van der Waals surface area contributed by atoms with E-state index in [1.54, 1.807) is 0 Å². The molecule has 28 heavy (non-hydrogen) atoms. The quantitative estimate of drug-likeness (QED) is 0.735. The zero-order valence-corrected chi connectivity index (χ0v) is 17.9. The van der Waals surface area contributed by atoms with E-state index >= 15 is 0 Å². The predicted molar refractivity (Wildman–Crippen MR) is 104 cm³/mol. The Bertz CT molecular complexity index is 562. The molecule has 2 aliphatic heterocycles. The van der Waals surface area contributed by atoms with Gasteiger partial charge in [-0.3, -0.25) is 9.69 Å². The third-order valence-electron chi connectivity index (χ3n) is 6.60. The number of amides is 1. The molecule has 2 saturated heterocycles. The SMILES string of the molecule is CCCCN(C(=O)C1C2CN(CC(F)(F)F)CC21)C1CC(C)(C)NC(C)(C)C1. The molecule has 0 aromatic rings. The zero-order valence-electron chi connectivity index (χ0n) is 17.9. The molecular formula is C21H36F3N3O. The van der Waals surface area contributed by atoms with E-state index in [9.17, 15) is 18.0 Å². The number of carbonyl (C=O) groups is 1. The maximum absolute atomic E-state index is 13.4. The second-order valence-electron chi connectivity index (χ2n) is 10.5. The van der Waals surface area contributed by atoms with E-state index < -0.39 is 12.7 Å². The van der Waals surface area contributed by atoms with Crippen LogP contribution in [0.1, 0.15) is 60.3 Å². The number of alkyl halides is 3. The van der Waals surface area contributed by atoms with Crippen LogP contribution in [0.3, 0.4) is 0 Å². The molecule has 1 saturated carbocycles. The number of nitrogens with zero attached hydrogens (tertiary/aromatic N) is 2. The van der Waals surface area contributed by atoms with Crippen LogP contribution < -0.4 is 5.32 Å². The molecule has 7 heteroatoms. The van der Waals surface area contributed by atoms with E-state index in [1.165, 1.54) is 4.90 Å². The van der Waals surface area contributed by atoms with Crippen molar-refractivity contribution in [3.8, 4) is 0 Å². The van der Waals surface area contributed by atoms with Crippen molar-refractivity contribution >= 4 is 5.91 Å². The molecule has 1 N–H and O–H groups in total. The first-order valence-electron chi connectivity index (χ1n) is 10.7. The molecule has 162 valence electrons. The number of fused-ring (bicyclic) bond motifs is 1. The van der Waals surface area contributed by atoms with Crippen molar-refractivity contribution in [1.82, 2.24) is 15.1 Å². The van der Waals surface area contributed by atoms with Gasteiger partial charge < -0.3 is 10.2 Å². The molecule has 1 amide bonds. The number of unbranched alkanes of at least 4 members (excludes halogenated alkanes) is 1. The smallest absolute Gasteiger partial charge is 0.339 e. The van der Waals surface area contributed by atoms with Gasteiger partial charge in [-0.2, -0.15) is 13.2 Å². The summed E-state index contributed by atoms with van der Waals surface area (Å²) in [6.45, 7) is 11.6. The fraction of sp³-hybridized carbons (Fsp3) is 0.952. The Morgan fingerprint density at radius 3 is 2.11 bits per heavy atom. The Hall–Kier alpha value is -0.820. The number of piperidine rings is 2. The summed E-state index contributed by atoms with van der Waals surface area (Å²) in [4.78, 5) is 17.0. The van der Waals surface area contributed by atoms with Gasteiger partial charge in [0.05, 0.1) is 6.54 Å². The predicted octanol–water partition coefficient (Wildman–Crippen LogP) is 3.66. The van der Waals surface area contributed by atoms with Gasteiger partial charge in [0.25, 0.3) is 0 Å². The second-order valence-corrected chi connectivity index (χ2v) is 10.5. The van der Waals surface area contributed by atoms with E-state index in [0.717, 1.165) is 32.2 Å². The summed E-state index contributed by atoms with van der Waals surface area (Å²) in [5.74, 6) is 0.347. The molecular weight excluding hydrogens is 367 g/mol. The minimum absolute atomic E-state index is 0.0416. The first-order valence-corrected chi connectivity index (χ1v) is 10.7. The Kier molecular flexibility index (Phi) is 5.83. The van der Waals surface area contributed by atoms with Gasteiger partial charge in [0, 0.05) is 42.7 Å². The van der Waals surface area contributed by atoms with Crippen LogP contribution in [0.2, 0.25) is 0 Å². The number of likely N-dealkylation sites (tertiary alicyclic amines) is 1. The van der Waals surface area contributed by atoms with Crippen LogP contribution in [0.5, 0.6) is 0 Å². The van der Waals surface area contributed by atoms with Crippen LogP contribution in [-0.4, -0.2) is 65.2 Å². The van der Waals surface area contributed by atoms with Crippen molar-refractivity contribution < 1.29 is 18.0 Å². The normalized spacial score (nSPS) is 32.2. The lowest BCUT2D eigenvalue weighted by atomic mass is 9.78.